The number of carbonyl (C=O) groups is 1. The van der Waals surface area contributed by atoms with Gasteiger partial charge in [-0.2, -0.15) is 13.2 Å². The fraction of sp³-hybridized carbons (Fsp3) is 0.235. The van der Waals surface area contributed by atoms with E-state index >= 15 is 0 Å². The number of halogens is 4. The number of nitrogens with one attached hydrogen (secondary N) is 1. The molecule has 132 valence electrons. The van der Waals surface area contributed by atoms with E-state index in [2.05, 4.69) is 5.32 Å². The number of nitrogens with zero attached hydrogens (tertiary/aromatic N) is 1. The summed E-state index contributed by atoms with van der Waals surface area (Å²) >= 11 is 1.44. The van der Waals surface area contributed by atoms with Crippen LogP contribution in [0.3, 0.4) is 0 Å². The van der Waals surface area contributed by atoms with Crippen LogP contribution in [0.25, 0.3) is 0 Å². The molecule has 0 saturated carbocycles. The molecule has 0 unspecified atom stereocenters. The second-order valence-electron chi connectivity index (χ2n) is 5.44. The summed E-state index contributed by atoms with van der Waals surface area (Å²) < 4.78 is 51.7. The first-order chi connectivity index (χ1) is 11.9. The molecule has 0 aliphatic carbocycles. The van der Waals surface area contributed by atoms with Crippen molar-refractivity contribution in [2.45, 2.75) is 11.6 Å². The predicted octanol–water partition coefficient (Wildman–Crippen LogP) is 5.12. The Morgan fingerprint density at radius 2 is 1.80 bits per heavy atom. The summed E-state index contributed by atoms with van der Waals surface area (Å²) in [6.07, 6.45) is -4.43. The Balaban J connectivity index is 1.73. The topological polar surface area (TPSA) is 32.3 Å². The lowest BCUT2D eigenvalue weighted by atomic mass is 10.2. The van der Waals surface area contributed by atoms with Gasteiger partial charge in [0.2, 0.25) is 0 Å². The number of carbonyl (C=O) groups excluding carboxylic acids is 1. The van der Waals surface area contributed by atoms with Crippen LogP contribution in [0.15, 0.2) is 48.5 Å². The maximum Gasteiger partial charge on any atom is 0.416 e. The maximum absolute atomic E-state index is 14.0. The van der Waals surface area contributed by atoms with Crippen LogP contribution >= 0.6 is 11.8 Å². The molecule has 0 aromatic heterocycles. The van der Waals surface area contributed by atoms with Crippen molar-refractivity contribution in [2.75, 3.05) is 17.6 Å². The van der Waals surface area contributed by atoms with Crippen molar-refractivity contribution in [1.29, 1.82) is 0 Å². The minimum Gasteiger partial charge on any atom is -0.308 e. The number of benzene rings is 2. The van der Waals surface area contributed by atoms with Gasteiger partial charge in [0.25, 0.3) is 0 Å². The van der Waals surface area contributed by atoms with E-state index in [0.717, 1.165) is 12.1 Å². The molecule has 0 bridgehead atoms. The number of rotatable bonds is 2. The smallest absolute Gasteiger partial charge is 0.308 e. The first-order valence-corrected chi connectivity index (χ1v) is 8.52. The summed E-state index contributed by atoms with van der Waals surface area (Å²) in [4.78, 5) is 13.9. The zero-order chi connectivity index (χ0) is 18.0. The number of alkyl halides is 3. The van der Waals surface area contributed by atoms with Crippen LogP contribution in [0.4, 0.5) is 28.0 Å². The third kappa shape index (κ3) is 3.89. The normalized spacial score (nSPS) is 17.6. The minimum atomic E-state index is -4.43. The molecule has 3 rings (SSSR count). The highest BCUT2D eigenvalue weighted by molar-refractivity contribution is 7.99. The van der Waals surface area contributed by atoms with Crippen LogP contribution in [-0.4, -0.2) is 23.2 Å². The molecule has 1 atom stereocenters. The number of urea groups is 1. The second-order valence-corrected chi connectivity index (χ2v) is 6.63. The van der Waals surface area contributed by atoms with E-state index in [1.54, 1.807) is 18.2 Å². The van der Waals surface area contributed by atoms with Crippen LogP contribution in [0.2, 0.25) is 0 Å². The molecule has 8 heteroatoms. The Morgan fingerprint density at radius 3 is 2.44 bits per heavy atom. The number of anilines is 1. The molecule has 2 aromatic rings. The number of thioether (sulfide) groups is 1. The Bertz CT molecular complexity index is 764. The molecule has 1 N–H and O–H groups in total. The van der Waals surface area contributed by atoms with Crippen molar-refractivity contribution < 1.29 is 22.4 Å². The van der Waals surface area contributed by atoms with Crippen LogP contribution in [-0.2, 0) is 6.18 Å². The molecule has 3 nitrogen and oxygen atoms in total. The first kappa shape index (κ1) is 17.6. The molecule has 25 heavy (non-hydrogen) atoms. The fourth-order valence-electron chi connectivity index (χ4n) is 2.55. The third-order valence-corrected chi connectivity index (χ3v) is 5.03. The average molecular weight is 370 g/mol. The van der Waals surface area contributed by atoms with Crippen molar-refractivity contribution in [2.24, 2.45) is 0 Å². The van der Waals surface area contributed by atoms with Gasteiger partial charge in [-0.25, -0.2) is 9.18 Å². The zero-order valence-corrected chi connectivity index (χ0v) is 13.7. The third-order valence-electron chi connectivity index (χ3n) is 3.79. The second kappa shape index (κ2) is 6.95. The number of hydrogen-bond donors (Lipinski definition) is 1. The summed E-state index contributed by atoms with van der Waals surface area (Å²) in [5, 5.41) is 2.10. The summed E-state index contributed by atoms with van der Waals surface area (Å²) in [6.45, 7) is 0.427. The standard InChI is InChI=1S/C17H14F4N2OS/c18-14-4-2-1-3-13(14)15-23(9-10-25-15)16(24)22-12-7-5-11(6-8-12)17(19,20)21/h1-8,15H,9-10H2,(H,22,24)/t15-/m1/s1. The Hall–Kier alpha value is -2.22. The Kier molecular flexibility index (Phi) is 4.89. The van der Waals surface area contributed by atoms with Gasteiger partial charge < -0.3 is 10.2 Å². The first-order valence-electron chi connectivity index (χ1n) is 7.47. The van der Waals surface area contributed by atoms with Crippen molar-refractivity contribution in [3.8, 4) is 0 Å². The van der Waals surface area contributed by atoms with Crippen LogP contribution in [0.1, 0.15) is 16.5 Å². The minimum absolute atomic E-state index is 0.252. The van der Waals surface area contributed by atoms with Gasteiger partial charge in [0, 0.05) is 23.5 Å². The molecule has 1 saturated heterocycles. The molecule has 1 fully saturated rings. The summed E-state index contributed by atoms with van der Waals surface area (Å²) in [7, 11) is 0. The molecule has 2 amide bonds. The fourth-order valence-corrected chi connectivity index (χ4v) is 3.83. The maximum atomic E-state index is 14.0. The SMILES string of the molecule is O=C(Nc1ccc(C(F)(F)F)cc1)N1CCS[C@@H]1c1ccccc1F. The molecule has 0 spiro atoms. The van der Waals surface area contributed by atoms with Gasteiger partial charge in [0.05, 0.1) is 5.56 Å². The van der Waals surface area contributed by atoms with Gasteiger partial charge in [-0.05, 0) is 30.3 Å². The highest BCUT2D eigenvalue weighted by atomic mass is 32.2. The van der Waals surface area contributed by atoms with Gasteiger partial charge in [0.15, 0.2) is 0 Å². The zero-order valence-electron chi connectivity index (χ0n) is 12.9. The lowest BCUT2D eigenvalue weighted by molar-refractivity contribution is -0.137. The van der Waals surface area contributed by atoms with Crippen molar-refractivity contribution >= 4 is 23.5 Å². The summed E-state index contributed by atoms with van der Waals surface area (Å²) in [5.41, 5.74) is -0.124. The molecule has 1 aliphatic heterocycles. The van der Waals surface area contributed by atoms with Crippen molar-refractivity contribution in [1.82, 2.24) is 4.90 Å². The number of hydrogen-bond acceptors (Lipinski definition) is 2. The molecule has 2 aromatic carbocycles. The van der Waals surface area contributed by atoms with E-state index in [0.29, 0.717) is 17.9 Å². The van der Waals surface area contributed by atoms with Crippen molar-refractivity contribution in [3.63, 3.8) is 0 Å². The number of amides is 2. The molecule has 1 aliphatic rings. The highest BCUT2D eigenvalue weighted by Gasteiger charge is 2.33. The van der Waals surface area contributed by atoms with E-state index < -0.39 is 29.0 Å². The lowest BCUT2D eigenvalue weighted by Crippen LogP contribution is -2.34. The van der Waals surface area contributed by atoms with E-state index in [-0.39, 0.29) is 5.69 Å². The van der Waals surface area contributed by atoms with Crippen molar-refractivity contribution in [3.05, 3.63) is 65.5 Å². The van der Waals surface area contributed by atoms with Gasteiger partial charge in [0.1, 0.15) is 11.2 Å². The van der Waals surface area contributed by atoms with Crippen LogP contribution in [0, 0.1) is 5.82 Å². The molecule has 0 radical (unpaired) electrons. The van der Waals surface area contributed by atoms with Crippen LogP contribution in [0.5, 0.6) is 0 Å². The quantitative estimate of drug-likeness (QED) is 0.744. The molecular formula is C17H14F4N2OS. The lowest BCUT2D eigenvalue weighted by Gasteiger charge is -2.24. The Labute approximate surface area is 146 Å². The summed E-state index contributed by atoms with van der Waals surface area (Å²) in [6, 6.07) is 9.96. The van der Waals surface area contributed by atoms with E-state index in [9.17, 15) is 22.4 Å². The largest absolute Gasteiger partial charge is 0.416 e. The predicted molar refractivity (Wildman–Crippen MR) is 88.8 cm³/mol. The van der Waals surface area contributed by atoms with Gasteiger partial charge >= 0.3 is 12.2 Å². The molecule has 1 heterocycles. The van der Waals surface area contributed by atoms with Crippen LogP contribution < -0.4 is 5.32 Å². The Morgan fingerprint density at radius 1 is 1.12 bits per heavy atom. The van der Waals surface area contributed by atoms with E-state index in [1.165, 1.54) is 34.9 Å². The monoisotopic (exact) mass is 370 g/mol. The van der Waals surface area contributed by atoms with Gasteiger partial charge in [-0.1, -0.05) is 18.2 Å². The average Bonchev–Trinajstić information content (AvgIpc) is 3.04. The van der Waals surface area contributed by atoms with E-state index in [4.69, 9.17) is 0 Å². The highest BCUT2D eigenvalue weighted by Crippen LogP contribution is 2.39. The van der Waals surface area contributed by atoms with Gasteiger partial charge in [-0.15, -0.1) is 11.8 Å². The van der Waals surface area contributed by atoms with E-state index in [1.807, 2.05) is 0 Å². The summed E-state index contributed by atoms with van der Waals surface area (Å²) in [5.74, 6) is 0.258. The molecular weight excluding hydrogens is 356 g/mol. The van der Waals surface area contributed by atoms with Gasteiger partial charge in [-0.3, -0.25) is 0 Å².